The summed E-state index contributed by atoms with van der Waals surface area (Å²) in [5, 5.41) is 0. The van der Waals surface area contributed by atoms with E-state index in [0.717, 1.165) is 13.0 Å². The molecule has 0 amide bonds. The van der Waals surface area contributed by atoms with Crippen LogP contribution in [-0.2, 0) is 8.85 Å². The topological polar surface area (TPSA) is 56.5 Å². The monoisotopic (exact) mass is 178 g/mol. The third-order valence-electron chi connectivity index (χ3n) is 1.61. The zero-order chi connectivity index (χ0) is 8.74. The summed E-state index contributed by atoms with van der Waals surface area (Å²) in [7, 11) is 1.28. The van der Waals surface area contributed by atoms with Crippen LogP contribution >= 0.6 is 0 Å². The Morgan fingerprint density at radius 2 is 1.91 bits per heavy atom. The van der Waals surface area contributed by atoms with Crippen LogP contribution in [0, 0.1) is 0 Å². The van der Waals surface area contributed by atoms with Gasteiger partial charge in [-0.3, -0.25) is 4.98 Å². The molecule has 0 spiro atoms. The minimum atomic E-state index is -2.04. The Balaban J connectivity index is 3.51. The van der Waals surface area contributed by atoms with Gasteiger partial charge in [0.15, 0.2) is 0 Å². The molecule has 0 fully saturated rings. The van der Waals surface area contributed by atoms with Gasteiger partial charge in [-0.15, -0.1) is 0 Å². The molecule has 0 unspecified atom stereocenters. The van der Waals surface area contributed by atoms with Crippen molar-refractivity contribution in [1.29, 1.82) is 0 Å². The van der Waals surface area contributed by atoms with Gasteiger partial charge in [-0.1, -0.05) is 0 Å². The van der Waals surface area contributed by atoms with Gasteiger partial charge >= 0.3 is 8.72 Å². The second-order valence-corrected chi connectivity index (χ2v) is 5.48. The number of nitrogens with two attached hydrogens (primary N) is 1. The fourth-order valence-corrected chi connectivity index (χ4v) is 1.73. The van der Waals surface area contributed by atoms with E-state index in [2.05, 4.69) is 4.98 Å². The van der Waals surface area contributed by atoms with Crippen molar-refractivity contribution >= 4 is 8.72 Å². The normalized spacial score (nSPS) is 12.0. The fourth-order valence-electron chi connectivity index (χ4n) is 0.645. The van der Waals surface area contributed by atoms with Crippen LogP contribution in [0.25, 0.3) is 0 Å². The van der Waals surface area contributed by atoms with Crippen molar-refractivity contribution in [2.75, 3.05) is 27.3 Å². The maximum Gasteiger partial charge on any atom is 0.421 e. The van der Waals surface area contributed by atoms with Gasteiger partial charge in [-0.05, 0) is 26.1 Å². The lowest BCUT2D eigenvalue weighted by Crippen LogP contribution is -2.52. The first-order valence-electron chi connectivity index (χ1n) is 3.74. The zero-order valence-electron chi connectivity index (χ0n) is 7.52. The van der Waals surface area contributed by atoms with Crippen LogP contribution in [0.1, 0.15) is 6.42 Å². The Labute approximate surface area is 69.4 Å². The van der Waals surface area contributed by atoms with Gasteiger partial charge in [0.1, 0.15) is 0 Å². The molecule has 0 aliphatic carbocycles. The molecule has 5 heteroatoms. The summed E-state index contributed by atoms with van der Waals surface area (Å²) in [6, 6.07) is 0. The Kier molecular flexibility index (Phi) is 5.70. The smallest absolute Gasteiger partial charge is 0.386 e. The van der Waals surface area contributed by atoms with Crippen molar-refractivity contribution in [2.45, 2.75) is 13.0 Å². The predicted octanol–water partition coefficient (Wildman–Crippen LogP) is -0.214. The van der Waals surface area contributed by atoms with Gasteiger partial charge in [-0.2, -0.15) is 0 Å². The number of hydrogen-bond acceptors (Lipinski definition) is 4. The molecular formula is C6H18N2O2Si. The van der Waals surface area contributed by atoms with E-state index >= 15 is 0 Å². The van der Waals surface area contributed by atoms with E-state index in [0.29, 0.717) is 6.54 Å². The van der Waals surface area contributed by atoms with Gasteiger partial charge < -0.3 is 14.6 Å². The van der Waals surface area contributed by atoms with Crippen LogP contribution < -0.4 is 10.7 Å². The standard InChI is InChI=1S/C6H18N2O2Si/c1-9-11(3,10-2)8-6-4-5-7/h8H,4-7H2,1-3H3. The highest BCUT2D eigenvalue weighted by Gasteiger charge is 2.27. The lowest BCUT2D eigenvalue weighted by atomic mass is 10.4. The maximum atomic E-state index is 5.33. The molecule has 0 atom stereocenters. The molecule has 3 N–H and O–H groups in total. The highest BCUT2D eigenvalue weighted by Crippen LogP contribution is 1.97. The second-order valence-electron chi connectivity index (χ2n) is 2.42. The molecule has 68 valence electrons. The van der Waals surface area contributed by atoms with Gasteiger partial charge in [0.2, 0.25) is 0 Å². The van der Waals surface area contributed by atoms with Gasteiger partial charge in [0, 0.05) is 14.2 Å². The van der Waals surface area contributed by atoms with Crippen molar-refractivity contribution in [1.82, 2.24) is 4.98 Å². The van der Waals surface area contributed by atoms with Crippen molar-refractivity contribution in [3.8, 4) is 0 Å². The molecule has 0 bridgehead atoms. The van der Waals surface area contributed by atoms with Gasteiger partial charge in [-0.25, -0.2) is 0 Å². The van der Waals surface area contributed by atoms with E-state index in [4.69, 9.17) is 14.6 Å². The largest absolute Gasteiger partial charge is 0.421 e. The quantitative estimate of drug-likeness (QED) is 0.436. The molecule has 0 saturated carbocycles. The second kappa shape index (κ2) is 5.67. The summed E-state index contributed by atoms with van der Waals surface area (Å²) < 4.78 is 10.4. The highest BCUT2D eigenvalue weighted by molar-refractivity contribution is 6.63. The van der Waals surface area contributed by atoms with Gasteiger partial charge in [0.25, 0.3) is 0 Å². The summed E-state index contributed by atoms with van der Waals surface area (Å²) in [6.45, 7) is 3.52. The third kappa shape index (κ3) is 4.49. The molecule has 0 heterocycles. The average Bonchev–Trinajstić information content (AvgIpc) is 2.05. The molecule has 11 heavy (non-hydrogen) atoms. The highest BCUT2D eigenvalue weighted by atomic mass is 28.4. The fraction of sp³-hybridized carbons (Fsp3) is 1.00. The van der Waals surface area contributed by atoms with E-state index in [-0.39, 0.29) is 0 Å². The number of hydrogen-bond donors (Lipinski definition) is 2. The zero-order valence-corrected chi connectivity index (χ0v) is 8.52. The van der Waals surface area contributed by atoms with E-state index in [1.54, 1.807) is 14.2 Å². The lowest BCUT2D eigenvalue weighted by molar-refractivity contribution is 0.236. The predicted molar refractivity (Wildman–Crippen MR) is 47.3 cm³/mol. The van der Waals surface area contributed by atoms with Crippen LogP contribution in [-0.4, -0.2) is 36.0 Å². The molecule has 0 aliphatic heterocycles. The first-order chi connectivity index (χ1) is 5.18. The maximum absolute atomic E-state index is 5.33. The van der Waals surface area contributed by atoms with Crippen LogP contribution in [0.5, 0.6) is 0 Å². The summed E-state index contributed by atoms with van der Waals surface area (Å²) in [4.78, 5) is 3.21. The first-order valence-corrected chi connectivity index (χ1v) is 6.05. The van der Waals surface area contributed by atoms with E-state index in [1.165, 1.54) is 0 Å². The molecule has 0 radical (unpaired) electrons. The molecule has 0 rings (SSSR count). The van der Waals surface area contributed by atoms with Crippen LogP contribution in [0.3, 0.4) is 0 Å². The van der Waals surface area contributed by atoms with Crippen LogP contribution in [0.2, 0.25) is 6.55 Å². The van der Waals surface area contributed by atoms with Crippen molar-refractivity contribution in [3.63, 3.8) is 0 Å². The van der Waals surface area contributed by atoms with E-state index < -0.39 is 8.72 Å². The molecule has 0 saturated heterocycles. The molecular weight excluding hydrogens is 160 g/mol. The average molecular weight is 178 g/mol. The van der Waals surface area contributed by atoms with Crippen LogP contribution in [0.4, 0.5) is 0 Å². The first kappa shape index (κ1) is 11.1. The van der Waals surface area contributed by atoms with E-state index in [9.17, 15) is 0 Å². The SMILES string of the molecule is CO[Si](C)(NCCCN)OC. The summed E-state index contributed by atoms with van der Waals surface area (Å²) >= 11 is 0. The number of nitrogens with one attached hydrogen (secondary N) is 1. The third-order valence-corrected chi connectivity index (χ3v) is 4.06. The molecule has 0 aromatic rings. The summed E-state index contributed by atoms with van der Waals surface area (Å²) in [5.74, 6) is 0. The Morgan fingerprint density at radius 1 is 1.36 bits per heavy atom. The minimum absolute atomic E-state index is 0.699. The minimum Gasteiger partial charge on any atom is -0.386 e. The van der Waals surface area contributed by atoms with Crippen molar-refractivity contribution in [3.05, 3.63) is 0 Å². The summed E-state index contributed by atoms with van der Waals surface area (Å²) in [5.41, 5.74) is 5.33. The Hall–Kier alpha value is 0.0569. The molecule has 0 aromatic heterocycles. The van der Waals surface area contributed by atoms with E-state index in [1.807, 2.05) is 6.55 Å². The Morgan fingerprint density at radius 3 is 2.27 bits per heavy atom. The van der Waals surface area contributed by atoms with Crippen molar-refractivity contribution in [2.24, 2.45) is 5.73 Å². The summed E-state index contributed by atoms with van der Waals surface area (Å²) in [6.07, 6.45) is 0.954. The molecule has 0 aliphatic rings. The lowest BCUT2D eigenvalue weighted by Gasteiger charge is -2.23. The van der Waals surface area contributed by atoms with Crippen molar-refractivity contribution < 1.29 is 8.85 Å². The Bertz CT molecular complexity index is 98.6. The molecule has 0 aromatic carbocycles. The number of rotatable bonds is 6. The molecule has 4 nitrogen and oxygen atoms in total. The van der Waals surface area contributed by atoms with Gasteiger partial charge in [0.05, 0.1) is 0 Å². The van der Waals surface area contributed by atoms with Crippen LogP contribution in [0.15, 0.2) is 0 Å².